The molecule has 0 bridgehead atoms. The van der Waals surface area contributed by atoms with Crippen LogP contribution in [0.4, 0.5) is 0 Å². The lowest BCUT2D eigenvalue weighted by atomic mass is 9.98. The number of rotatable bonds is 3. The Morgan fingerprint density at radius 3 is 2.80 bits per heavy atom. The van der Waals surface area contributed by atoms with E-state index >= 15 is 0 Å². The lowest BCUT2D eigenvalue weighted by Crippen LogP contribution is -2.56. The molecule has 2 rings (SSSR count). The predicted molar refractivity (Wildman–Crippen MR) is 77.4 cm³/mol. The standard InChI is InChI=1S/C15H28N2O3/c1-5-19-13(18)15(16)7-6-12(8-15)17-9-11(2)20-14(3,4)10-17/h11-12H,5-10,16H2,1-4H3. The Balaban J connectivity index is 2.00. The summed E-state index contributed by atoms with van der Waals surface area (Å²) in [6.45, 7) is 10.3. The van der Waals surface area contributed by atoms with Gasteiger partial charge >= 0.3 is 5.97 Å². The van der Waals surface area contributed by atoms with Crippen LogP contribution in [0.15, 0.2) is 0 Å². The van der Waals surface area contributed by atoms with Crippen LogP contribution in [0, 0.1) is 0 Å². The van der Waals surface area contributed by atoms with Gasteiger partial charge in [-0.2, -0.15) is 0 Å². The van der Waals surface area contributed by atoms with Gasteiger partial charge in [0.25, 0.3) is 0 Å². The van der Waals surface area contributed by atoms with Crippen molar-refractivity contribution in [3.63, 3.8) is 0 Å². The van der Waals surface area contributed by atoms with Crippen LogP contribution in [-0.4, -0.2) is 53.9 Å². The molecule has 1 saturated heterocycles. The smallest absolute Gasteiger partial charge is 0.326 e. The summed E-state index contributed by atoms with van der Waals surface area (Å²) in [6, 6.07) is 0.357. The summed E-state index contributed by atoms with van der Waals surface area (Å²) in [7, 11) is 0. The van der Waals surface area contributed by atoms with E-state index in [0.717, 1.165) is 19.5 Å². The molecule has 1 aliphatic heterocycles. The van der Waals surface area contributed by atoms with Crippen molar-refractivity contribution in [2.75, 3.05) is 19.7 Å². The minimum atomic E-state index is -0.799. The predicted octanol–water partition coefficient (Wildman–Crippen LogP) is 1.30. The van der Waals surface area contributed by atoms with E-state index in [1.165, 1.54) is 0 Å². The molecule has 0 aromatic carbocycles. The first-order chi connectivity index (χ1) is 9.26. The first-order valence-electron chi connectivity index (χ1n) is 7.64. The van der Waals surface area contributed by atoms with E-state index in [2.05, 4.69) is 25.7 Å². The van der Waals surface area contributed by atoms with E-state index in [1.807, 2.05) is 6.92 Å². The first kappa shape index (κ1) is 15.7. The minimum absolute atomic E-state index is 0.137. The average Bonchev–Trinajstić information content (AvgIpc) is 2.71. The van der Waals surface area contributed by atoms with E-state index in [9.17, 15) is 4.79 Å². The highest BCUT2D eigenvalue weighted by Crippen LogP contribution is 2.35. The van der Waals surface area contributed by atoms with Crippen LogP contribution in [0.25, 0.3) is 0 Å². The fourth-order valence-electron chi connectivity index (χ4n) is 3.60. The number of carbonyl (C=O) groups is 1. The van der Waals surface area contributed by atoms with Gasteiger partial charge in [-0.25, -0.2) is 0 Å². The number of esters is 1. The van der Waals surface area contributed by atoms with Crippen molar-refractivity contribution in [1.29, 1.82) is 0 Å². The van der Waals surface area contributed by atoms with Crippen LogP contribution in [0.1, 0.15) is 47.0 Å². The van der Waals surface area contributed by atoms with Crippen LogP contribution in [0.5, 0.6) is 0 Å². The highest BCUT2D eigenvalue weighted by molar-refractivity contribution is 5.81. The van der Waals surface area contributed by atoms with Crippen molar-refractivity contribution < 1.29 is 14.3 Å². The number of morpholine rings is 1. The molecular formula is C15H28N2O3. The molecule has 5 nitrogen and oxygen atoms in total. The third kappa shape index (κ3) is 3.32. The maximum atomic E-state index is 12.0. The van der Waals surface area contributed by atoms with E-state index in [1.54, 1.807) is 0 Å². The van der Waals surface area contributed by atoms with Crippen LogP contribution < -0.4 is 5.73 Å². The molecule has 2 aliphatic rings. The summed E-state index contributed by atoms with van der Waals surface area (Å²) < 4.78 is 11.1. The molecule has 3 unspecified atom stereocenters. The normalized spacial score (nSPS) is 37.9. The zero-order valence-corrected chi connectivity index (χ0v) is 13.1. The Morgan fingerprint density at radius 2 is 2.20 bits per heavy atom. The molecular weight excluding hydrogens is 256 g/mol. The molecule has 0 aromatic rings. The van der Waals surface area contributed by atoms with E-state index in [0.29, 0.717) is 25.5 Å². The van der Waals surface area contributed by atoms with Crippen LogP contribution >= 0.6 is 0 Å². The Bertz CT molecular complexity index is 372. The van der Waals surface area contributed by atoms with Crippen LogP contribution in [-0.2, 0) is 14.3 Å². The molecule has 0 amide bonds. The van der Waals surface area contributed by atoms with Crippen molar-refractivity contribution in [2.45, 2.75) is 70.2 Å². The number of hydrogen-bond donors (Lipinski definition) is 1. The summed E-state index contributed by atoms with van der Waals surface area (Å²) >= 11 is 0. The number of hydrogen-bond acceptors (Lipinski definition) is 5. The molecule has 1 heterocycles. The monoisotopic (exact) mass is 284 g/mol. The molecule has 0 radical (unpaired) electrons. The van der Waals surface area contributed by atoms with Crippen molar-refractivity contribution in [3.8, 4) is 0 Å². The van der Waals surface area contributed by atoms with Gasteiger partial charge in [-0.3, -0.25) is 9.69 Å². The van der Waals surface area contributed by atoms with Crippen molar-refractivity contribution in [3.05, 3.63) is 0 Å². The van der Waals surface area contributed by atoms with Crippen molar-refractivity contribution >= 4 is 5.97 Å². The topological polar surface area (TPSA) is 64.8 Å². The van der Waals surface area contributed by atoms with Gasteiger partial charge in [0.1, 0.15) is 5.54 Å². The van der Waals surface area contributed by atoms with E-state index in [-0.39, 0.29) is 17.7 Å². The second-order valence-corrected chi connectivity index (χ2v) is 6.89. The lowest BCUT2D eigenvalue weighted by Gasteiger charge is -2.44. The van der Waals surface area contributed by atoms with Gasteiger partial charge in [0, 0.05) is 19.1 Å². The molecule has 0 spiro atoms. The summed E-state index contributed by atoms with van der Waals surface area (Å²) in [5, 5.41) is 0. The Labute approximate surface area is 121 Å². The largest absolute Gasteiger partial charge is 0.465 e. The van der Waals surface area contributed by atoms with Gasteiger partial charge in [0.2, 0.25) is 0 Å². The molecule has 1 aliphatic carbocycles. The third-order valence-electron chi connectivity index (χ3n) is 4.32. The third-order valence-corrected chi connectivity index (χ3v) is 4.32. The van der Waals surface area contributed by atoms with Crippen molar-refractivity contribution in [2.24, 2.45) is 5.73 Å². The van der Waals surface area contributed by atoms with Crippen LogP contribution in [0.2, 0.25) is 0 Å². The second kappa shape index (κ2) is 5.62. The molecule has 5 heteroatoms. The molecule has 1 saturated carbocycles. The first-order valence-corrected chi connectivity index (χ1v) is 7.64. The van der Waals surface area contributed by atoms with Gasteiger partial charge in [-0.15, -0.1) is 0 Å². The molecule has 20 heavy (non-hydrogen) atoms. The average molecular weight is 284 g/mol. The number of nitrogens with two attached hydrogens (primary N) is 1. The van der Waals surface area contributed by atoms with E-state index < -0.39 is 5.54 Å². The summed E-state index contributed by atoms with van der Waals surface area (Å²) in [5.74, 6) is -0.247. The highest BCUT2D eigenvalue weighted by Gasteiger charge is 2.46. The lowest BCUT2D eigenvalue weighted by molar-refractivity contribution is -0.150. The van der Waals surface area contributed by atoms with Gasteiger partial charge in [-0.1, -0.05) is 0 Å². The second-order valence-electron chi connectivity index (χ2n) is 6.89. The Morgan fingerprint density at radius 1 is 1.50 bits per heavy atom. The summed E-state index contributed by atoms with van der Waals surface area (Å²) in [5.41, 5.74) is 5.32. The van der Waals surface area contributed by atoms with Gasteiger partial charge in [-0.05, 0) is 47.0 Å². The van der Waals surface area contributed by atoms with E-state index in [4.69, 9.17) is 15.2 Å². The molecule has 2 N–H and O–H groups in total. The van der Waals surface area contributed by atoms with Gasteiger partial charge in [0.15, 0.2) is 0 Å². The maximum Gasteiger partial charge on any atom is 0.326 e. The number of nitrogens with zero attached hydrogens (tertiary/aromatic N) is 1. The van der Waals surface area contributed by atoms with Gasteiger partial charge < -0.3 is 15.2 Å². The van der Waals surface area contributed by atoms with Crippen LogP contribution in [0.3, 0.4) is 0 Å². The summed E-state index contributed by atoms with van der Waals surface area (Å²) in [4.78, 5) is 14.4. The minimum Gasteiger partial charge on any atom is -0.465 e. The summed E-state index contributed by atoms with van der Waals surface area (Å²) in [6.07, 6.45) is 2.57. The fourth-order valence-corrected chi connectivity index (χ4v) is 3.60. The zero-order valence-electron chi connectivity index (χ0n) is 13.1. The maximum absolute atomic E-state index is 12.0. The molecule has 116 valence electrons. The van der Waals surface area contributed by atoms with Crippen molar-refractivity contribution in [1.82, 2.24) is 4.90 Å². The zero-order chi connectivity index (χ0) is 15.0. The van der Waals surface area contributed by atoms with Gasteiger partial charge in [0.05, 0.1) is 18.3 Å². The fraction of sp³-hybridized carbons (Fsp3) is 0.933. The molecule has 0 aromatic heterocycles. The highest BCUT2D eigenvalue weighted by atomic mass is 16.5. The Kier molecular flexibility index (Phi) is 4.42. The quantitative estimate of drug-likeness (QED) is 0.791. The Hall–Kier alpha value is -0.650. The molecule has 3 atom stereocenters. The number of carbonyl (C=O) groups excluding carboxylic acids is 1. The number of ether oxygens (including phenoxy) is 2. The SMILES string of the molecule is CCOC(=O)C1(N)CCC(N2CC(C)OC(C)(C)C2)C1. The molecule has 2 fully saturated rings.